The number of carbonyl (C=O) groups is 2. The van der Waals surface area contributed by atoms with Crippen molar-refractivity contribution in [1.29, 1.82) is 0 Å². The number of hydrogen-bond acceptors (Lipinski definition) is 5. The van der Waals surface area contributed by atoms with Crippen molar-refractivity contribution < 1.29 is 18.7 Å². The number of rotatable bonds is 7. The molecule has 0 bridgehead atoms. The molecule has 126 valence electrons. The maximum atomic E-state index is 11.6. The standard InChI is InChI=1S/C16H16BrN3O4/c1-11-3-2-4-12(7-11)23-10-16(22)18-9-15(21)20-19-8-13-5-6-14(17)24-13/h2-8H,9-10H2,1H3,(H,18,22)(H,20,21). The molecule has 0 saturated heterocycles. The number of ether oxygens (including phenoxy) is 1. The smallest absolute Gasteiger partial charge is 0.259 e. The van der Waals surface area contributed by atoms with E-state index in [0.717, 1.165) is 5.56 Å². The number of nitrogens with one attached hydrogen (secondary N) is 2. The Morgan fingerprint density at radius 1 is 1.29 bits per heavy atom. The van der Waals surface area contributed by atoms with E-state index in [0.29, 0.717) is 16.2 Å². The number of nitrogens with zero attached hydrogens (tertiary/aromatic N) is 1. The Morgan fingerprint density at radius 3 is 2.83 bits per heavy atom. The first-order valence-corrected chi connectivity index (χ1v) is 7.85. The lowest BCUT2D eigenvalue weighted by Crippen LogP contribution is -2.37. The number of amides is 2. The topological polar surface area (TPSA) is 92.9 Å². The van der Waals surface area contributed by atoms with Gasteiger partial charge in [-0.05, 0) is 52.7 Å². The van der Waals surface area contributed by atoms with Gasteiger partial charge in [0.1, 0.15) is 11.5 Å². The van der Waals surface area contributed by atoms with Crippen LogP contribution in [0, 0.1) is 6.92 Å². The number of benzene rings is 1. The molecule has 0 saturated carbocycles. The first-order valence-electron chi connectivity index (χ1n) is 7.06. The largest absolute Gasteiger partial charge is 0.484 e. The highest BCUT2D eigenvalue weighted by Crippen LogP contribution is 2.12. The summed E-state index contributed by atoms with van der Waals surface area (Å²) in [6.45, 7) is 1.56. The molecule has 1 aromatic heterocycles. The molecule has 0 unspecified atom stereocenters. The zero-order chi connectivity index (χ0) is 17.4. The first kappa shape index (κ1) is 17.7. The van der Waals surface area contributed by atoms with E-state index in [2.05, 4.69) is 31.8 Å². The van der Waals surface area contributed by atoms with Crippen LogP contribution in [0.4, 0.5) is 0 Å². The maximum Gasteiger partial charge on any atom is 0.259 e. The molecule has 0 aliphatic carbocycles. The van der Waals surface area contributed by atoms with Crippen LogP contribution in [0.25, 0.3) is 0 Å². The molecular formula is C16H16BrN3O4. The molecule has 7 nitrogen and oxygen atoms in total. The second-order valence-electron chi connectivity index (χ2n) is 4.82. The van der Waals surface area contributed by atoms with Gasteiger partial charge in [0, 0.05) is 0 Å². The van der Waals surface area contributed by atoms with Crippen LogP contribution < -0.4 is 15.5 Å². The Labute approximate surface area is 147 Å². The van der Waals surface area contributed by atoms with Crippen LogP contribution in [0.15, 0.2) is 50.6 Å². The predicted octanol–water partition coefficient (Wildman–Crippen LogP) is 2.00. The normalized spacial score (nSPS) is 10.6. The number of aryl methyl sites for hydroxylation is 1. The summed E-state index contributed by atoms with van der Waals surface area (Å²) >= 11 is 3.15. The highest BCUT2D eigenvalue weighted by molar-refractivity contribution is 9.10. The zero-order valence-corrected chi connectivity index (χ0v) is 14.5. The lowest BCUT2D eigenvalue weighted by Gasteiger charge is -2.07. The van der Waals surface area contributed by atoms with Crippen molar-refractivity contribution >= 4 is 34.0 Å². The number of halogens is 1. The van der Waals surface area contributed by atoms with E-state index in [1.54, 1.807) is 18.2 Å². The van der Waals surface area contributed by atoms with Crippen LogP contribution in [0.2, 0.25) is 0 Å². The zero-order valence-electron chi connectivity index (χ0n) is 12.9. The SMILES string of the molecule is Cc1cccc(OCC(=O)NCC(=O)NN=Cc2ccc(Br)o2)c1. The van der Waals surface area contributed by atoms with Gasteiger partial charge in [-0.1, -0.05) is 12.1 Å². The summed E-state index contributed by atoms with van der Waals surface area (Å²) in [4.78, 5) is 23.2. The van der Waals surface area contributed by atoms with Gasteiger partial charge in [0.25, 0.3) is 11.8 Å². The van der Waals surface area contributed by atoms with Crippen LogP contribution in [0.1, 0.15) is 11.3 Å². The minimum atomic E-state index is -0.458. The molecule has 0 fully saturated rings. The van der Waals surface area contributed by atoms with Gasteiger partial charge in [0.05, 0.1) is 12.8 Å². The minimum Gasteiger partial charge on any atom is -0.484 e. The van der Waals surface area contributed by atoms with Crippen molar-refractivity contribution in [3.63, 3.8) is 0 Å². The van der Waals surface area contributed by atoms with E-state index >= 15 is 0 Å². The fourth-order valence-electron chi connectivity index (χ4n) is 1.69. The van der Waals surface area contributed by atoms with Crippen LogP contribution in [-0.2, 0) is 9.59 Å². The summed E-state index contributed by atoms with van der Waals surface area (Å²) in [5.41, 5.74) is 3.31. The molecule has 2 aromatic rings. The van der Waals surface area contributed by atoms with Crippen molar-refractivity contribution in [1.82, 2.24) is 10.7 Å². The fraction of sp³-hybridized carbons (Fsp3) is 0.188. The molecule has 0 aliphatic heterocycles. The molecule has 0 atom stereocenters. The summed E-state index contributed by atoms with van der Waals surface area (Å²) in [5, 5.41) is 6.15. The molecule has 2 rings (SSSR count). The molecule has 8 heteroatoms. The van der Waals surface area contributed by atoms with Crippen molar-refractivity contribution in [2.45, 2.75) is 6.92 Å². The van der Waals surface area contributed by atoms with E-state index in [9.17, 15) is 9.59 Å². The van der Waals surface area contributed by atoms with Gasteiger partial charge in [-0.3, -0.25) is 9.59 Å². The summed E-state index contributed by atoms with van der Waals surface area (Å²) in [6, 6.07) is 10.7. The molecule has 1 heterocycles. The Bertz CT molecular complexity index is 742. The number of furan rings is 1. The van der Waals surface area contributed by atoms with Gasteiger partial charge >= 0.3 is 0 Å². The number of carbonyl (C=O) groups excluding carboxylic acids is 2. The highest BCUT2D eigenvalue weighted by atomic mass is 79.9. The molecule has 24 heavy (non-hydrogen) atoms. The molecular weight excluding hydrogens is 378 g/mol. The number of hydrogen-bond donors (Lipinski definition) is 2. The van der Waals surface area contributed by atoms with E-state index in [1.165, 1.54) is 6.21 Å². The fourth-order valence-corrected chi connectivity index (χ4v) is 2.01. The van der Waals surface area contributed by atoms with Gasteiger partial charge in [0.15, 0.2) is 11.3 Å². The van der Waals surface area contributed by atoms with Crippen LogP contribution in [-0.4, -0.2) is 31.2 Å². The van der Waals surface area contributed by atoms with Crippen LogP contribution in [0.5, 0.6) is 5.75 Å². The van der Waals surface area contributed by atoms with E-state index in [-0.39, 0.29) is 13.2 Å². The third-order valence-corrected chi connectivity index (χ3v) is 3.21. The van der Waals surface area contributed by atoms with Crippen molar-refractivity contribution in [3.8, 4) is 5.75 Å². The summed E-state index contributed by atoms with van der Waals surface area (Å²) in [7, 11) is 0. The third kappa shape index (κ3) is 6.25. The van der Waals surface area contributed by atoms with Gasteiger partial charge in [0.2, 0.25) is 0 Å². The molecule has 0 aliphatic rings. The summed E-state index contributed by atoms with van der Waals surface area (Å²) < 4.78 is 11.1. The van der Waals surface area contributed by atoms with Gasteiger partial charge < -0.3 is 14.5 Å². The van der Waals surface area contributed by atoms with E-state index in [1.807, 2.05) is 25.1 Å². The Morgan fingerprint density at radius 2 is 2.12 bits per heavy atom. The average Bonchev–Trinajstić information content (AvgIpc) is 2.96. The van der Waals surface area contributed by atoms with Gasteiger partial charge in [-0.15, -0.1) is 0 Å². The summed E-state index contributed by atoms with van der Waals surface area (Å²) in [6.07, 6.45) is 1.35. The Hall–Kier alpha value is -2.61. The lowest BCUT2D eigenvalue weighted by atomic mass is 10.2. The first-order chi connectivity index (χ1) is 11.5. The number of hydrazone groups is 1. The Balaban J connectivity index is 1.65. The maximum absolute atomic E-state index is 11.6. The second kappa shape index (κ2) is 8.88. The molecule has 2 amide bonds. The molecule has 0 spiro atoms. The Kier molecular flexibility index (Phi) is 6.56. The van der Waals surface area contributed by atoms with Crippen molar-refractivity contribution in [3.05, 3.63) is 52.4 Å². The monoisotopic (exact) mass is 393 g/mol. The van der Waals surface area contributed by atoms with E-state index < -0.39 is 11.8 Å². The quantitative estimate of drug-likeness (QED) is 0.555. The summed E-state index contributed by atoms with van der Waals surface area (Å²) in [5.74, 6) is 0.230. The van der Waals surface area contributed by atoms with Gasteiger partial charge in [-0.2, -0.15) is 5.10 Å². The van der Waals surface area contributed by atoms with Crippen LogP contribution in [0.3, 0.4) is 0 Å². The third-order valence-electron chi connectivity index (χ3n) is 2.78. The predicted molar refractivity (Wildman–Crippen MR) is 91.8 cm³/mol. The average molecular weight is 394 g/mol. The molecule has 1 aromatic carbocycles. The second-order valence-corrected chi connectivity index (χ2v) is 5.60. The lowest BCUT2D eigenvalue weighted by molar-refractivity contribution is -0.127. The van der Waals surface area contributed by atoms with E-state index in [4.69, 9.17) is 9.15 Å². The molecule has 0 radical (unpaired) electrons. The molecule has 2 N–H and O–H groups in total. The minimum absolute atomic E-state index is 0.166. The van der Waals surface area contributed by atoms with Crippen LogP contribution >= 0.6 is 15.9 Å². The van der Waals surface area contributed by atoms with Gasteiger partial charge in [-0.25, -0.2) is 5.43 Å². The van der Waals surface area contributed by atoms with Crippen molar-refractivity contribution in [2.75, 3.05) is 13.2 Å². The van der Waals surface area contributed by atoms with Crippen molar-refractivity contribution in [2.24, 2.45) is 5.10 Å². The highest BCUT2D eigenvalue weighted by Gasteiger charge is 2.06.